The van der Waals surface area contributed by atoms with E-state index in [0.717, 1.165) is 42.6 Å². The Morgan fingerprint density at radius 1 is 1.18 bits per heavy atom. The molecule has 1 aromatic rings. The van der Waals surface area contributed by atoms with E-state index in [1.54, 1.807) is 6.33 Å². The fraction of sp³-hybridized carbons (Fsp3) is 0.824. The maximum absolute atomic E-state index is 4.97. The summed E-state index contributed by atoms with van der Waals surface area (Å²) >= 11 is 0. The summed E-state index contributed by atoms with van der Waals surface area (Å²) in [4.78, 5) is 16.4. The number of hydrogen-bond acceptors (Lipinski definition) is 5. The number of hydrogen-bond donors (Lipinski definition) is 1. The molecule has 0 amide bonds. The second-order valence-corrected chi connectivity index (χ2v) is 8.03. The number of likely N-dealkylation sites (N-methyl/N-ethyl adjacent to an activating group) is 1. The van der Waals surface area contributed by atoms with Gasteiger partial charge in [0.15, 0.2) is 0 Å². The van der Waals surface area contributed by atoms with E-state index in [4.69, 9.17) is 4.98 Å². The first-order chi connectivity index (χ1) is 10.8. The maximum Gasteiger partial charge on any atom is 0.228 e. The summed E-state index contributed by atoms with van der Waals surface area (Å²) in [7, 11) is 2.04. The lowest BCUT2D eigenvalue weighted by molar-refractivity contribution is 0.261. The van der Waals surface area contributed by atoms with Crippen LogP contribution in [-0.4, -0.2) is 41.1 Å². The molecule has 118 valence electrons. The van der Waals surface area contributed by atoms with Gasteiger partial charge in [-0.3, -0.25) is 0 Å². The van der Waals surface area contributed by atoms with Crippen molar-refractivity contribution in [2.24, 2.45) is 17.8 Å². The quantitative estimate of drug-likeness (QED) is 0.921. The molecule has 5 heteroatoms. The lowest BCUT2D eigenvalue weighted by Gasteiger charge is -2.31. The van der Waals surface area contributed by atoms with Gasteiger partial charge in [-0.2, -0.15) is 4.98 Å². The van der Waals surface area contributed by atoms with Crippen LogP contribution in [0.5, 0.6) is 0 Å². The molecule has 2 heterocycles. The van der Waals surface area contributed by atoms with Crippen molar-refractivity contribution in [2.45, 2.75) is 50.0 Å². The fourth-order valence-electron chi connectivity index (χ4n) is 6.02. The van der Waals surface area contributed by atoms with Crippen LogP contribution in [0.3, 0.4) is 0 Å². The molecule has 4 bridgehead atoms. The first-order valence-electron chi connectivity index (χ1n) is 8.88. The van der Waals surface area contributed by atoms with Gasteiger partial charge in [0.25, 0.3) is 0 Å². The molecule has 6 rings (SSSR count). The summed E-state index contributed by atoms with van der Waals surface area (Å²) in [5.41, 5.74) is 0.299. The third kappa shape index (κ3) is 1.78. The Morgan fingerprint density at radius 2 is 2.00 bits per heavy atom. The third-order valence-corrected chi connectivity index (χ3v) is 6.87. The third-order valence-electron chi connectivity index (χ3n) is 6.87. The molecule has 0 spiro atoms. The molecule has 1 N–H and O–H groups in total. The van der Waals surface area contributed by atoms with Gasteiger partial charge in [-0.05, 0) is 63.3 Å². The minimum absolute atomic E-state index is 0.299. The smallest absolute Gasteiger partial charge is 0.228 e. The van der Waals surface area contributed by atoms with Gasteiger partial charge in [0.05, 0.1) is 0 Å². The number of aromatic nitrogens is 3. The van der Waals surface area contributed by atoms with Gasteiger partial charge in [-0.25, -0.2) is 9.97 Å². The van der Waals surface area contributed by atoms with E-state index in [1.165, 1.54) is 38.5 Å². The Labute approximate surface area is 131 Å². The molecule has 5 nitrogen and oxygen atoms in total. The zero-order valence-corrected chi connectivity index (χ0v) is 13.3. The first kappa shape index (κ1) is 13.2. The molecule has 1 aliphatic heterocycles. The van der Waals surface area contributed by atoms with Crippen molar-refractivity contribution in [2.75, 3.05) is 25.0 Å². The standard InChI is InChI=1S/C17H25N5/c1-18-14-2-3-22(9-14)16-20-10-19-15(21-16)17-7-11-4-12(8-17)6-13(17)5-11/h10-14,18H,2-9H2,1H3/t11?,12?,13?,14-,17?/m1/s1. The zero-order valence-electron chi connectivity index (χ0n) is 13.3. The summed E-state index contributed by atoms with van der Waals surface area (Å²) in [6.45, 7) is 2.07. The second-order valence-electron chi connectivity index (χ2n) is 8.03. The molecule has 4 saturated carbocycles. The monoisotopic (exact) mass is 299 g/mol. The Bertz CT molecular complexity index is 574. The van der Waals surface area contributed by atoms with Crippen LogP contribution in [-0.2, 0) is 5.41 Å². The predicted octanol–water partition coefficient (Wildman–Crippen LogP) is 1.75. The lowest BCUT2D eigenvalue weighted by Crippen LogP contribution is -2.33. The van der Waals surface area contributed by atoms with Crippen LogP contribution in [0.1, 0.15) is 44.3 Å². The number of anilines is 1. The van der Waals surface area contributed by atoms with Gasteiger partial charge in [0, 0.05) is 24.5 Å². The number of rotatable bonds is 3. The van der Waals surface area contributed by atoms with E-state index in [0.29, 0.717) is 11.5 Å². The van der Waals surface area contributed by atoms with Crippen molar-refractivity contribution in [3.05, 3.63) is 12.2 Å². The molecular weight excluding hydrogens is 274 g/mol. The van der Waals surface area contributed by atoms with Crippen molar-refractivity contribution >= 4 is 5.95 Å². The Morgan fingerprint density at radius 3 is 2.73 bits per heavy atom. The summed E-state index contributed by atoms with van der Waals surface area (Å²) in [6, 6.07) is 0.566. The van der Waals surface area contributed by atoms with E-state index in [9.17, 15) is 0 Å². The van der Waals surface area contributed by atoms with E-state index >= 15 is 0 Å². The van der Waals surface area contributed by atoms with Crippen molar-refractivity contribution in [1.29, 1.82) is 0 Å². The lowest BCUT2D eigenvalue weighted by atomic mass is 9.75. The van der Waals surface area contributed by atoms with Crippen LogP contribution < -0.4 is 10.2 Å². The molecule has 1 saturated heterocycles. The van der Waals surface area contributed by atoms with Crippen LogP contribution in [0.25, 0.3) is 0 Å². The van der Waals surface area contributed by atoms with Crippen molar-refractivity contribution in [3.8, 4) is 0 Å². The molecule has 4 aliphatic carbocycles. The molecular formula is C17H25N5. The Hall–Kier alpha value is -1.23. The van der Waals surface area contributed by atoms with Gasteiger partial charge >= 0.3 is 0 Å². The van der Waals surface area contributed by atoms with Crippen molar-refractivity contribution in [1.82, 2.24) is 20.3 Å². The summed E-state index contributed by atoms with van der Waals surface area (Å²) in [6.07, 6.45) is 9.90. The second kappa shape index (κ2) is 4.63. The molecule has 0 radical (unpaired) electrons. The summed E-state index contributed by atoms with van der Waals surface area (Å²) in [5, 5.41) is 3.37. The van der Waals surface area contributed by atoms with E-state index < -0.39 is 0 Å². The number of nitrogens with zero attached hydrogens (tertiary/aromatic N) is 4. The Balaban J connectivity index is 1.46. The maximum atomic E-state index is 4.97. The molecule has 22 heavy (non-hydrogen) atoms. The van der Waals surface area contributed by atoms with Gasteiger partial charge in [0.2, 0.25) is 5.95 Å². The SMILES string of the molecule is CN[C@@H]1CCN(c2ncnc(C34CC5CC(CC3C5)C4)n2)C1. The molecule has 5 fully saturated rings. The zero-order chi connectivity index (χ0) is 14.7. The van der Waals surface area contributed by atoms with Crippen LogP contribution in [0.4, 0.5) is 5.95 Å². The van der Waals surface area contributed by atoms with Crippen LogP contribution in [0.2, 0.25) is 0 Å². The van der Waals surface area contributed by atoms with Crippen LogP contribution in [0.15, 0.2) is 6.33 Å². The van der Waals surface area contributed by atoms with Gasteiger partial charge in [-0.1, -0.05) is 0 Å². The first-order valence-corrected chi connectivity index (χ1v) is 8.88. The highest BCUT2D eigenvalue weighted by molar-refractivity contribution is 5.34. The van der Waals surface area contributed by atoms with Gasteiger partial charge < -0.3 is 10.2 Å². The minimum Gasteiger partial charge on any atom is -0.339 e. The van der Waals surface area contributed by atoms with Gasteiger partial charge in [0.1, 0.15) is 12.2 Å². The highest BCUT2D eigenvalue weighted by Gasteiger charge is 2.60. The van der Waals surface area contributed by atoms with Crippen molar-refractivity contribution < 1.29 is 0 Å². The van der Waals surface area contributed by atoms with Crippen LogP contribution >= 0.6 is 0 Å². The molecule has 5 aliphatic rings. The molecule has 2 unspecified atom stereocenters. The van der Waals surface area contributed by atoms with Crippen LogP contribution in [0, 0.1) is 17.8 Å². The molecule has 0 aromatic carbocycles. The van der Waals surface area contributed by atoms with Crippen molar-refractivity contribution in [3.63, 3.8) is 0 Å². The average Bonchev–Trinajstić information content (AvgIpc) is 3.18. The summed E-state index contributed by atoms with van der Waals surface area (Å²) < 4.78 is 0. The predicted molar refractivity (Wildman–Crippen MR) is 84.7 cm³/mol. The topological polar surface area (TPSA) is 53.9 Å². The van der Waals surface area contributed by atoms with Gasteiger partial charge in [-0.15, -0.1) is 0 Å². The van der Waals surface area contributed by atoms with E-state index in [-0.39, 0.29) is 0 Å². The fourth-order valence-corrected chi connectivity index (χ4v) is 6.02. The van der Waals surface area contributed by atoms with E-state index in [1.807, 2.05) is 7.05 Å². The average molecular weight is 299 g/mol. The number of nitrogens with one attached hydrogen (secondary N) is 1. The Kier molecular flexibility index (Phi) is 2.79. The normalized spacial score (nSPS) is 42.5. The largest absolute Gasteiger partial charge is 0.339 e. The molecule has 3 atom stereocenters. The van der Waals surface area contributed by atoms with E-state index in [2.05, 4.69) is 20.2 Å². The summed E-state index contributed by atoms with van der Waals surface area (Å²) in [5.74, 6) is 4.75. The highest BCUT2D eigenvalue weighted by atomic mass is 15.3. The molecule has 1 aromatic heterocycles. The minimum atomic E-state index is 0.299. The highest BCUT2D eigenvalue weighted by Crippen LogP contribution is 2.65.